The second-order valence-electron chi connectivity index (χ2n) is 4.64. The van der Waals surface area contributed by atoms with Gasteiger partial charge in [-0.25, -0.2) is 0 Å². The fourth-order valence-electron chi connectivity index (χ4n) is 2.03. The van der Waals surface area contributed by atoms with E-state index in [1.54, 1.807) is 0 Å². The molecule has 0 atom stereocenters. The molecular weight excluding hydrogens is 186 g/mol. The molecule has 1 aliphatic heterocycles. The first-order valence-corrected chi connectivity index (χ1v) is 6.51. The summed E-state index contributed by atoms with van der Waals surface area (Å²) in [6, 6.07) is 0.462. The quantitative estimate of drug-likeness (QED) is 0.624. The van der Waals surface area contributed by atoms with E-state index in [1.165, 1.54) is 64.8 Å². The first-order chi connectivity index (χ1) is 7.33. The molecule has 1 heterocycles. The van der Waals surface area contributed by atoms with Crippen LogP contribution in [-0.4, -0.2) is 43.7 Å². The van der Waals surface area contributed by atoms with Crippen molar-refractivity contribution in [3.05, 3.63) is 0 Å². The smallest absolute Gasteiger partial charge is 0.00631 e. The topological polar surface area (TPSA) is 41.3 Å². The Balaban J connectivity index is 1.87. The van der Waals surface area contributed by atoms with Gasteiger partial charge in [-0.3, -0.25) is 0 Å². The van der Waals surface area contributed by atoms with Crippen molar-refractivity contribution >= 4 is 0 Å². The summed E-state index contributed by atoms with van der Waals surface area (Å²) in [4.78, 5) is 2.55. The molecule has 0 unspecified atom stereocenters. The number of nitrogens with zero attached hydrogens (tertiary/aromatic N) is 1. The van der Waals surface area contributed by atoms with E-state index in [2.05, 4.69) is 17.1 Å². The Hall–Kier alpha value is -0.120. The molecule has 0 spiro atoms. The summed E-state index contributed by atoms with van der Waals surface area (Å²) in [7, 11) is 0. The van der Waals surface area contributed by atoms with E-state index in [0.717, 1.165) is 0 Å². The highest BCUT2D eigenvalue weighted by Gasteiger charge is 2.14. The second kappa shape index (κ2) is 8.08. The van der Waals surface area contributed by atoms with Gasteiger partial charge in [0, 0.05) is 6.04 Å². The van der Waals surface area contributed by atoms with Crippen LogP contribution in [0.5, 0.6) is 0 Å². The van der Waals surface area contributed by atoms with E-state index < -0.39 is 0 Å². The summed E-state index contributed by atoms with van der Waals surface area (Å²) in [5, 5.41) is 3.48. The molecule has 0 aromatic heterocycles. The van der Waals surface area contributed by atoms with Crippen molar-refractivity contribution in [1.82, 2.24) is 10.2 Å². The molecule has 0 aliphatic carbocycles. The standard InChI is InChI=1S/C12H27N3/c1-2-3-7-14-8-4-9-15-10-5-12(13)6-11-15/h12,14H,2-11,13H2,1H3. The van der Waals surface area contributed by atoms with Crippen molar-refractivity contribution in [2.24, 2.45) is 5.73 Å². The van der Waals surface area contributed by atoms with Crippen LogP contribution in [0.1, 0.15) is 39.0 Å². The number of piperidine rings is 1. The minimum Gasteiger partial charge on any atom is -0.328 e. The Kier molecular flexibility index (Phi) is 6.98. The Bertz CT molecular complexity index is 142. The zero-order valence-corrected chi connectivity index (χ0v) is 10.2. The van der Waals surface area contributed by atoms with Gasteiger partial charge >= 0.3 is 0 Å². The van der Waals surface area contributed by atoms with Gasteiger partial charge in [0.25, 0.3) is 0 Å². The van der Waals surface area contributed by atoms with E-state index in [4.69, 9.17) is 5.73 Å². The number of rotatable bonds is 7. The van der Waals surface area contributed by atoms with Crippen molar-refractivity contribution in [3.8, 4) is 0 Å². The molecule has 0 saturated carbocycles. The first kappa shape index (κ1) is 12.9. The molecule has 1 aliphatic rings. The number of nitrogens with two attached hydrogens (primary N) is 1. The average molecular weight is 213 g/mol. The molecule has 0 bridgehead atoms. The van der Waals surface area contributed by atoms with Crippen molar-refractivity contribution in [1.29, 1.82) is 0 Å². The predicted molar refractivity (Wildman–Crippen MR) is 66.0 cm³/mol. The third-order valence-electron chi connectivity index (χ3n) is 3.17. The molecular formula is C12H27N3. The SMILES string of the molecule is CCCCNCCCN1CCC(N)CC1. The van der Waals surface area contributed by atoms with E-state index >= 15 is 0 Å². The fraction of sp³-hybridized carbons (Fsp3) is 1.00. The van der Waals surface area contributed by atoms with Gasteiger partial charge < -0.3 is 16.0 Å². The van der Waals surface area contributed by atoms with Crippen molar-refractivity contribution in [2.45, 2.75) is 45.1 Å². The van der Waals surface area contributed by atoms with Crippen LogP contribution in [0.15, 0.2) is 0 Å². The lowest BCUT2D eigenvalue weighted by molar-refractivity contribution is 0.210. The number of hydrogen-bond acceptors (Lipinski definition) is 3. The summed E-state index contributed by atoms with van der Waals surface area (Å²) < 4.78 is 0. The van der Waals surface area contributed by atoms with Gasteiger partial charge in [0.1, 0.15) is 0 Å². The van der Waals surface area contributed by atoms with Crippen molar-refractivity contribution < 1.29 is 0 Å². The third kappa shape index (κ3) is 6.13. The second-order valence-corrected chi connectivity index (χ2v) is 4.64. The van der Waals surface area contributed by atoms with Gasteiger partial charge in [-0.05, 0) is 58.4 Å². The maximum atomic E-state index is 5.87. The van der Waals surface area contributed by atoms with Crippen LogP contribution in [0.25, 0.3) is 0 Å². The molecule has 0 radical (unpaired) electrons. The van der Waals surface area contributed by atoms with Gasteiger partial charge in [0.2, 0.25) is 0 Å². The Morgan fingerprint density at radius 1 is 1.20 bits per heavy atom. The molecule has 1 rings (SSSR count). The van der Waals surface area contributed by atoms with Crippen LogP contribution in [0, 0.1) is 0 Å². The summed E-state index contributed by atoms with van der Waals surface area (Å²) in [5.74, 6) is 0. The molecule has 0 aromatic rings. The van der Waals surface area contributed by atoms with Gasteiger partial charge in [-0.1, -0.05) is 13.3 Å². The number of nitrogens with one attached hydrogen (secondary N) is 1. The summed E-state index contributed by atoms with van der Waals surface area (Å²) in [6.45, 7) is 8.24. The molecule has 0 aromatic carbocycles. The van der Waals surface area contributed by atoms with Crippen molar-refractivity contribution in [2.75, 3.05) is 32.7 Å². The van der Waals surface area contributed by atoms with Crippen LogP contribution in [0.2, 0.25) is 0 Å². The van der Waals surface area contributed by atoms with Gasteiger partial charge in [0.05, 0.1) is 0 Å². The zero-order valence-electron chi connectivity index (χ0n) is 10.2. The molecule has 3 N–H and O–H groups in total. The number of unbranched alkanes of at least 4 members (excludes halogenated alkanes) is 1. The maximum Gasteiger partial charge on any atom is 0.00631 e. The number of hydrogen-bond donors (Lipinski definition) is 2. The number of likely N-dealkylation sites (tertiary alicyclic amines) is 1. The van der Waals surface area contributed by atoms with E-state index in [1.807, 2.05) is 0 Å². The van der Waals surface area contributed by atoms with Gasteiger partial charge in [0.15, 0.2) is 0 Å². The molecule has 90 valence electrons. The van der Waals surface area contributed by atoms with Crippen LogP contribution in [-0.2, 0) is 0 Å². The normalized spacial score (nSPS) is 19.6. The van der Waals surface area contributed by atoms with Gasteiger partial charge in [-0.15, -0.1) is 0 Å². The van der Waals surface area contributed by atoms with Crippen molar-refractivity contribution in [3.63, 3.8) is 0 Å². The lowest BCUT2D eigenvalue weighted by Gasteiger charge is -2.29. The maximum absolute atomic E-state index is 5.87. The molecule has 1 saturated heterocycles. The van der Waals surface area contributed by atoms with Crippen LogP contribution < -0.4 is 11.1 Å². The largest absolute Gasteiger partial charge is 0.328 e. The van der Waals surface area contributed by atoms with E-state index in [9.17, 15) is 0 Å². The highest BCUT2D eigenvalue weighted by molar-refractivity contribution is 4.73. The highest BCUT2D eigenvalue weighted by Crippen LogP contribution is 2.07. The molecule has 3 nitrogen and oxygen atoms in total. The fourth-order valence-corrected chi connectivity index (χ4v) is 2.03. The first-order valence-electron chi connectivity index (χ1n) is 6.51. The highest BCUT2D eigenvalue weighted by atomic mass is 15.1. The third-order valence-corrected chi connectivity index (χ3v) is 3.17. The van der Waals surface area contributed by atoms with Crippen LogP contribution in [0.4, 0.5) is 0 Å². The van der Waals surface area contributed by atoms with E-state index in [0.29, 0.717) is 6.04 Å². The lowest BCUT2D eigenvalue weighted by atomic mass is 10.1. The Morgan fingerprint density at radius 3 is 2.53 bits per heavy atom. The zero-order chi connectivity index (χ0) is 10.9. The lowest BCUT2D eigenvalue weighted by Crippen LogP contribution is -2.40. The Labute approximate surface area is 94.4 Å². The molecule has 0 amide bonds. The summed E-state index contributed by atoms with van der Waals surface area (Å²) >= 11 is 0. The minimum absolute atomic E-state index is 0.462. The molecule has 1 fully saturated rings. The van der Waals surface area contributed by atoms with E-state index in [-0.39, 0.29) is 0 Å². The molecule has 15 heavy (non-hydrogen) atoms. The van der Waals surface area contributed by atoms with Crippen LogP contribution >= 0.6 is 0 Å². The summed E-state index contributed by atoms with van der Waals surface area (Å²) in [5.41, 5.74) is 5.87. The average Bonchev–Trinajstić information content (AvgIpc) is 2.26. The Morgan fingerprint density at radius 2 is 1.87 bits per heavy atom. The minimum atomic E-state index is 0.462. The summed E-state index contributed by atoms with van der Waals surface area (Å²) in [6.07, 6.45) is 6.24. The predicted octanol–water partition coefficient (Wildman–Crippen LogP) is 1.19. The monoisotopic (exact) mass is 213 g/mol. The molecule has 3 heteroatoms. The van der Waals surface area contributed by atoms with Gasteiger partial charge in [-0.2, -0.15) is 0 Å². The van der Waals surface area contributed by atoms with Crippen LogP contribution in [0.3, 0.4) is 0 Å².